The van der Waals surface area contributed by atoms with Crippen molar-refractivity contribution in [1.82, 2.24) is 5.32 Å². The molecule has 1 aliphatic carbocycles. The Labute approximate surface area is 82.9 Å². The number of hydrogen-bond donors (Lipinski definition) is 3. The first-order chi connectivity index (χ1) is 6.58. The van der Waals surface area contributed by atoms with E-state index < -0.39 is 11.6 Å². The molecule has 0 bridgehead atoms. The van der Waals surface area contributed by atoms with Crippen LogP contribution in [0.15, 0.2) is 0 Å². The lowest BCUT2D eigenvalue weighted by molar-refractivity contribution is 0.160. The Hall–Kier alpha value is -1.28. The SMILES string of the molecule is N#CCC1(NC(=O)O)CCC(N)CC1. The highest BCUT2D eigenvalue weighted by molar-refractivity contribution is 5.65. The van der Waals surface area contributed by atoms with Crippen molar-refractivity contribution < 1.29 is 9.90 Å². The third-order valence-corrected chi connectivity index (χ3v) is 2.78. The van der Waals surface area contributed by atoms with Gasteiger partial charge in [0, 0.05) is 6.04 Å². The van der Waals surface area contributed by atoms with E-state index in [9.17, 15) is 4.79 Å². The molecule has 0 aromatic carbocycles. The molecule has 78 valence electrons. The van der Waals surface area contributed by atoms with Crippen LogP contribution in [0.2, 0.25) is 0 Å². The Bertz CT molecular complexity index is 251. The third kappa shape index (κ3) is 2.60. The minimum atomic E-state index is -1.06. The summed E-state index contributed by atoms with van der Waals surface area (Å²) in [5.41, 5.74) is 5.17. The van der Waals surface area contributed by atoms with Gasteiger partial charge in [0.25, 0.3) is 0 Å². The number of nitrogens with zero attached hydrogens (tertiary/aromatic N) is 1. The number of carbonyl (C=O) groups is 1. The Kier molecular flexibility index (Phi) is 3.31. The first kappa shape index (κ1) is 10.8. The fourth-order valence-corrected chi connectivity index (χ4v) is 1.92. The van der Waals surface area contributed by atoms with Crippen LogP contribution in [0.25, 0.3) is 0 Å². The molecule has 14 heavy (non-hydrogen) atoms. The molecule has 5 nitrogen and oxygen atoms in total. The van der Waals surface area contributed by atoms with Crippen LogP contribution in [-0.4, -0.2) is 22.8 Å². The van der Waals surface area contributed by atoms with E-state index >= 15 is 0 Å². The van der Waals surface area contributed by atoms with Crippen LogP contribution in [0.3, 0.4) is 0 Å². The maximum atomic E-state index is 10.6. The molecule has 1 rings (SSSR count). The van der Waals surface area contributed by atoms with Gasteiger partial charge < -0.3 is 16.2 Å². The number of amides is 1. The molecule has 1 saturated carbocycles. The van der Waals surface area contributed by atoms with E-state index in [0.717, 1.165) is 12.8 Å². The summed E-state index contributed by atoms with van der Waals surface area (Å²) in [5.74, 6) is 0. The third-order valence-electron chi connectivity index (χ3n) is 2.78. The molecule has 0 heterocycles. The van der Waals surface area contributed by atoms with Gasteiger partial charge in [-0.1, -0.05) is 0 Å². The smallest absolute Gasteiger partial charge is 0.405 e. The molecular weight excluding hydrogens is 182 g/mol. The number of nitriles is 1. The zero-order valence-electron chi connectivity index (χ0n) is 7.99. The first-order valence-electron chi connectivity index (χ1n) is 4.72. The number of rotatable bonds is 2. The van der Waals surface area contributed by atoms with E-state index in [2.05, 4.69) is 5.32 Å². The zero-order valence-corrected chi connectivity index (χ0v) is 7.99. The molecule has 1 aliphatic rings. The predicted octanol–water partition coefficient (Wildman–Crippen LogP) is 0.808. The first-order valence-corrected chi connectivity index (χ1v) is 4.72. The molecule has 0 radical (unpaired) electrons. The van der Waals surface area contributed by atoms with Gasteiger partial charge in [-0.05, 0) is 25.7 Å². The lowest BCUT2D eigenvalue weighted by Gasteiger charge is -2.37. The molecule has 0 spiro atoms. The predicted molar refractivity (Wildman–Crippen MR) is 50.6 cm³/mol. The van der Waals surface area contributed by atoms with Crippen molar-refractivity contribution >= 4 is 6.09 Å². The van der Waals surface area contributed by atoms with E-state index in [0.29, 0.717) is 12.8 Å². The minimum absolute atomic E-state index is 0.150. The standard InChI is InChI=1S/C9H15N3O2/c10-6-5-9(12-8(13)14)3-1-7(11)2-4-9/h7,12H,1-5,11H2,(H,13,14). The van der Waals surface area contributed by atoms with Crippen LogP contribution in [-0.2, 0) is 0 Å². The van der Waals surface area contributed by atoms with Crippen molar-refractivity contribution in [2.75, 3.05) is 0 Å². The average molecular weight is 197 g/mol. The Morgan fingerprint density at radius 2 is 2.21 bits per heavy atom. The topological polar surface area (TPSA) is 99.1 Å². The van der Waals surface area contributed by atoms with E-state index in [1.54, 1.807) is 0 Å². The number of nitrogens with two attached hydrogens (primary N) is 1. The highest BCUT2D eigenvalue weighted by Gasteiger charge is 2.35. The van der Waals surface area contributed by atoms with Gasteiger partial charge in [0.2, 0.25) is 0 Å². The van der Waals surface area contributed by atoms with Gasteiger partial charge in [-0.25, -0.2) is 4.79 Å². The Balaban J connectivity index is 2.63. The van der Waals surface area contributed by atoms with Crippen molar-refractivity contribution in [2.24, 2.45) is 5.73 Å². The Morgan fingerprint density at radius 1 is 1.64 bits per heavy atom. The van der Waals surface area contributed by atoms with Crippen LogP contribution >= 0.6 is 0 Å². The van der Waals surface area contributed by atoms with Crippen molar-refractivity contribution in [2.45, 2.75) is 43.7 Å². The van der Waals surface area contributed by atoms with E-state index in [4.69, 9.17) is 16.1 Å². The van der Waals surface area contributed by atoms with Gasteiger partial charge in [-0.2, -0.15) is 5.26 Å². The molecule has 0 aliphatic heterocycles. The maximum Gasteiger partial charge on any atom is 0.405 e. The fraction of sp³-hybridized carbons (Fsp3) is 0.778. The monoisotopic (exact) mass is 197 g/mol. The molecule has 0 aromatic heterocycles. The summed E-state index contributed by atoms with van der Waals surface area (Å²) in [6, 6.07) is 2.18. The molecule has 0 atom stereocenters. The van der Waals surface area contributed by atoms with Crippen LogP contribution in [0.1, 0.15) is 32.1 Å². The van der Waals surface area contributed by atoms with Gasteiger partial charge >= 0.3 is 6.09 Å². The quantitative estimate of drug-likeness (QED) is 0.609. The molecule has 0 unspecified atom stereocenters. The highest BCUT2D eigenvalue weighted by Crippen LogP contribution is 2.30. The fourth-order valence-electron chi connectivity index (χ4n) is 1.92. The second-order valence-corrected chi connectivity index (χ2v) is 3.88. The zero-order chi connectivity index (χ0) is 10.6. The molecule has 4 N–H and O–H groups in total. The summed E-state index contributed by atoms with van der Waals surface area (Å²) in [6.45, 7) is 0. The molecule has 0 saturated heterocycles. The molecule has 0 aromatic rings. The molecule has 5 heteroatoms. The van der Waals surface area contributed by atoms with Crippen molar-refractivity contribution in [3.8, 4) is 6.07 Å². The summed E-state index contributed by atoms with van der Waals surface area (Å²) in [5, 5.41) is 19.8. The Morgan fingerprint density at radius 3 is 2.64 bits per heavy atom. The van der Waals surface area contributed by atoms with Gasteiger partial charge in [0.05, 0.1) is 18.0 Å². The highest BCUT2D eigenvalue weighted by atomic mass is 16.4. The second kappa shape index (κ2) is 4.29. The molecule has 1 fully saturated rings. The molecule has 1 amide bonds. The van der Waals surface area contributed by atoms with Crippen molar-refractivity contribution in [3.05, 3.63) is 0 Å². The summed E-state index contributed by atoms with van der Waals surface area (Å²) < 4.78 is 0. The lowest BCUT2D eigenvalue weighted by Crippen LogP contribution is -2.51. The molecular formula is C9H15N3O2. The van der Waals surface area contributed by atoms with Crippen LogP contribution in [0, 0.1) is 11.3 Å². The van der Waals surface area contributed by atoms with Crippen LogP contribution < -0.4 is 11.1 Å². The number of carboxylic acid groups (broad SMARTS) is 1. The van der Waals surface area contributed by atoms with Crippen LogP contribution in [0.5, 0.6) is 0 Å². The van der Waals surface area contributed by atoms with E-state index in [-0.39, 0.29) is 12.5 Å². The van der Waals surface area contributed by atoms with Gasteiger partial charge in [0.15, 0.2) is 0 Å². The summed E-state index contributed by atoms with van der Waals surface area (Å²) >= 11 is 0. The van der Waals surface area contributed by atoms with Crippen molar-refractivity contribution in [3.63, 3.8) is 0 Å². The summed E-state index contributed by atoms with van der Waals surface area (Å²) in [6.07, 6.45) is 2.05. The van der Waals surface area contributed by atoms with Crippen molar-refractivity contribution in [1.29, 1.82) is 5.26 Å². The summed E-state index contributed by atoms with van der Waals surface area (Å²) in [7, 11) is 0. The van der Waals surface area contributed by atoms with Gasteiger partial charge in [-0.15, -0.1) is 0 Å². The maximum absolute atomic E-state index is 10.6. The van der Waals surface area contributed by atoms with Gasteiger partial charge in [-0.3, -0.25) is 0 Å². The van der Waals surface area contributed by atoms with E-state index in [1.807, 2.05) is 6.07 Å². The van der Waals surface area contributed by atoms with E-state index in [1.165, 1.54) is 0 Å². The number of hydrogen-bond acceptors (Lipinski definition) is 3. The number of nitrogens with one attached hydrogen (secondary N) is 1. The largest absolute Gasteiger partial charge is 0.465 e. The minimum Gasteiger partial charge on any atom is -0.465 e. The normalized spacial score (nSPS) is 31.9. The lowest BCUT2D eigenvalue weighted by atomic mass is 9.78. The summed E-state index contributed by atoms with van der Waals surface area (Å²) in [4.78, 5) is 10.6. The second-order valence-electron chi connectivity index (χ2n) is 3.88. The van der Waals surface area contributed by atoms with Crippen LogP contribution in [0.4, 0.5) is 4.79 Å². The average Bonchev–Trinajstić information content (AvgIpc) is 2.10. The van der Waals surface area contributed by atoms with Gasteiger partial charge in [0.1, 0.15) is 0 Å².